The van der Waals surface area contributed by atoms with Gasteiger partial charge in [-0.25, -0.2) is 8.78 Å². The highest BCUT2D eigenvalue weighted by Crippen LogP contribution is 2.04. The highest BCUT2D eigenvalue weighted by atomic mass is 19.3. The Morgan fingerprint density at radius 3 is 2.73 bits per heavy atom. The lowest BCUT2D eigenvalue weighted by Gasteiger charge is -2.09. The number of hydrogen-bond donors (Lipinski definition) is 2. The van der Waals surface area contributed by atoms with E-state index in [-0.39, 0.29) is 6.54 Å². The molecule has 0 bridgehead atoms. The van der Waals surface area contributed by atoms with Crippen molar-refractivity contribution in [2.75, 3.05) is 6.54 Å². The standard InChI is InChI=1S/C9H15F2N3O/c1-6-7(5-14(2)13-6)3-12-4-8(15)9(10)11/h5,8-9,12,15H,3-4H2,1-2H3. The maximum Gasteiger partial charge on any atom is 0.265 e. The van der Waals surface area contributed by atoms with Crippen molar-refractivity contribution < 1.29 is 13.9 Å². The first-order valence-corrected chi connectivity index (χ1v) is 4.66. The van der Waals surface area contributed by atoms with Crippen molar-refractivity contribution in [3.63, 3.8) is 0 Å². The van der Waals surface area contributed by atoms with Gasteiger partial charge in [0.1, 0.15) is 6.10 Å². The van der Waals surface area contributed by atoms with Crippen LogP contribution in [0, 0.1) is 6.92 Å². The van der Waals surface area contributed by atoms with Crippen molar-refractivity contribution in [3.8, 4) is 0 Å². The number of aliphatic hydroxyl groups excluding tert-OH is 1. The molecule has 0 fully saturated rings. The molecule has 0 amide bonds. The number of aliphatic hydroxyl groups is 1. The molecule has 0 saturated heterocycles. The summed E-state index contributed by atoms with van der Waals surface area (Å²) in [4.78, 5) is 0. The molecule has 0 aromatic carbocycles. The van der Waals surface area contributed by atoms with Crippen LogP contribution in [-0.4, -0.2) is 34.0 Å². The SMILES string of the molecule is Cc1nn(C)cc1CNCC(O)C(F)F. The molecular formula is C9H15F2N3O. The Bertz CT molecular complexity index is 314. The van der Waals surface area contributed by atoms with E-state index in [2.05, 4.69) is 10.4 Å². The zero-order valence-corrected chi connectivity index (χ0v) is 8.74. The van der Waals surface area contributed by atoms with Gasteiger partial charge < -0.3 is 10.4 Å². The fourth-order valence-electron chi connectivity index (χ4n) is 1.27. The van der Waals surface area contributed by atoms with Crippen LogP contribution in [0.5, 0.6) is 0 Å². The summed E-state index contributed by atoms with van der Waals surface area (Å²) in [6, 6.07) is 0. The molecule has 86 valence electrons. The molecule has 1 aromatic heterocycles. The second-order valence-corrected chi connectivity index (χ2v) is 3.45. The third-order valence-corrected chi connectivity index (χ3v) is 2.07. The number of aryl methyl sites for hydroxylation is 2. The maximum atomic E-state index is 11.9. The first-order valence-electron chi connectivity index (χ1n) is 4.66. The molecule has 15 heavy (non-hydrogen) atoms. The topological polar surface area (TPSA) is 50.1 Å². The third-order valence-electron chi connectivity index (χ3n) is 2.07. The van der Waals surface area contributed by atoms with Crippen LogP contribution < -0.4 is 5.32 Å². The van der Waals surface area contributed by atoms with Crippen molar-refractivity contribution in [2.24, 2.45) is 7.05 Å². The van der Waals surface area contributed by atoms with Gasteiger partial charge in [-0.15, -0.1) is 0 Å². The predicted molar refractivity (Wildman–Crippen MR) is 51.7 cm³/mol. The minimum atomic E-state index is -2.70. The lowest BCUT2D eigenvalue weighted by molar-refractivity contribution is -0.00341. The Balaban J connectivity index is 2.35. The second kappa shape index (κ2) is 5.18. The van der Waals surface area contributed by atoms with Crippen molar-refractivity contribution in [2.45, 2.75) is 26.0 Å². The summed E-state index contributed by atoms with van der Waals surface area (Å²) < 4.78 is 25.5. The van der Waals surface area contributed by atoms with Crippen LogP contribution in [-0.2, 0) is 13.6 Å². The minimum Gasteiger partial charge on any atom is -0.386 e. The van der Waals surface area contributed by atoms with Crippen molar-refractivity contribution >= 4 is 0 Å². The fourth-order valence-corrected chi connectivity index (χ4v) is 1.27. The van der Waals surface area contributed by atoms with E-state index in [1.807, 2.05) is 13.1 Å². The van der Waals surface area contributed by atoms with Crippen LogP contribution in [0.4, 0.5) is 8.78 Å². The molecule has 1 aromatic rings. The molecule has 1 rings (SSSR count). The molecule has 0 aliphatic carbocycles. The quantitative estimate of drug-likeness (QED) is 0.755. The van der Waals surface area contributed by atoms with E-state index in [0.717, 1.165) is 11.3 Å². The van der Waals surface area contributed by atoms with Gasteiger partial charge in [0.05, 0.1) is 5.69 Å². The van der Waals surface area contributed by atoms with Gasteiger partial charge in [-0.05, 0) is 6.92 Å². The van der Waals surface area contributed by atoms with Crippen LogP contribution in [0.2, 0.25) is 0 Å². The first kappa shape index (κ1) is 12.1. The summed E-state index contributed by atoms with van der Waals surface area (Å²) in [6.45, 7) is 2.16. The monoisotopic (exact) mass is 219 g/mol. The van der Waals surface area contributed by atoms with E-state index in [9.17, 15) is 8.78 Å². The van der Waals surface area contributed by atoms with Gasteiger partial charge in [0.25, 0.3) is 6.43 Å². The molecular weight excluding hydrogens is 204 g/mol. The summed E-state index contributed by atoms with van der Waals surface area (Å²) in [6.07, 6.45) is -2.49. The summed E-state index contributed by atoms with van der Waals surface area (Å²) in [7, 11) is 1.80. The van der Waals surface area contributed by atoms with Gasteiger partial charge in [-0.3, -0.25) is 4.68 Å². The molecule has 4 nitrogen and oxygen atoms in total. The second-order valence-electron chi connectivity index (χ2n) is 3.45. The normalized spacial score (nSPS) is 13.5. The predicted octanol–water partition coefficient (Wildman–Crippen LogP) is 0.444. The number of hydrogen-bond acceptors (Lipinski definition) is 3. The highest BCUT2D eigenvalue weighted by molar-refractivity contribution is 5.14. The number of rotatable bonds is 5. The van der Waals surface area contributed by atoms with E-state index in [4.69, 9.17) is 5.11 Å². The number of halogens is 2. The van der Waals surface area contributed by atoms with Crippen LogP contribution in [0.1, 0.15) is 11.3 Å². The van der Waals surface area contributed by atoms with E-state index in [1.165, 1.54) is 0 Å². The van der Waals surface area contributed by atoms with Gasteiger partial charge in [0, 0.05) is 31.9 Å². The first-order chi connectivity index (χ1) is 7.00. The van der Waals surface area contributed by atoms with Crippen molar-refractivity contribution in [1.82, 2.24) is 15.1 Å². The Labute approximate surface area is 86.9 Å². The summed E-state index contributed by atoms with van der Waals surface area (Å²) in [5.74, 6) is 0. The highest BCUT2D eigenvalue weighted by Gasteiger charge is 2.15. The van der Waals surface area contributed by atoms with Crippen molar-refractivity contribution in [3.05, 3.63) is 17.5 Å². The van der Waals surface area contributed by atoms with E-state index in [0.29, 0.717) is 6.54 Å². The van der Waals surface area contributed by atoms with E-state index >= 15 is 0 Å². The van der Waals surface area contributed by atoms with Gasteiger partial charge in [0.15, 0.2) is 0 Å². The van der Waals surface area contributed by atoms with Crippen LogP contribution >= 0.6 is 0 Å². The Kier molecular flexibility index (Phi) is 4.16. The fraction of sp³-hybridized carbons (Fsp3) is 0.667. The van der Waals surface area contributed by atoms with Gasteiger partial charge in [-0.1, -0.05) is 0 Å². The smallest absolute Gasteiger partial charge is 0.265 e. The molecule has 1 atom stereocenters. The third kappa shape index (κ3) is 3.56. The largest absolute Gasteiger partial charge is 0.386 e. The van der Waals surface area contributed by atoms with E-state index < -0.39 is 12.5 Å². The number of nitrogens with one attached hydrogen (secondary N) is 1. The Morgan fingerprint density at radius 1 is 1.60 bits per heavy atom. The lowest BCUT2D eigenvalue weighted by Crippen LogP contribution is -2.31. The molecule has 0 aliphatic heterocycles. The zero-order valence-electron chi connectivity index (χ0n) is 8.74. The number of nitrogens with zero attached hydrogens (tertiary/aromatic N) is 2. The molecule has 1 unspecified atom stereocenters. The molecule has 0 saturated carbocycles. The van der Waals surface area contributed by atoms with Gasteiger partial charge in [-0.2, -0.15) is 5.10 Å². The Hall–Kier alpha value is -1.01. The molecule has 6 heteroatoms. The summed E-state index contributed by atoms with van der Waals surface area (Å²) >= 11 is 0. The number of alkyl halides is 2. The minimum absolute atomic E-state index is 0.119. The number of aromatic nitrogens is 2. The van der Waals surface area contributed by atoms with Gasteiger partial charge in [0.2, 0.25) is 0 Å². The molecule has 0 radical (unpaired) electrons. The van der Waals surface area contributed by atoms with E-state index in [1.54, 1.807) is 11.7 Å². The molecule has 0 aliphatic rings. The van der Waals surface area contributed by atoms with Crippen LogP contribution in [0.15, 0.2) is 6.20 Å². The lowest BCUT2D eigenvalue weighted by atomic mass is 10.2. The van der Waals surface area contributed by atoms with Crippen LogP contribution in [0.25, 0.3) is 0 Å². The van der Waals surface area contributed by atoms with Gasteiger partial charge >= 0.3 is 0 Å². The van der Waals surface area contributed by atoms with Crippen molar-refractivity contribution in [1.29, 1.82) is 0 Å². The molecule has 2 N–H and O–H groups in total. The zero-order chi connectivity index (χ0) is 11.4. The average Bonchev–Trinajstić information content (AvgIpc) is 2.45. The summed E-state index contributed by atoms with van der Waals surface area (Å²) in [5, 5.41) is 15.7. The van der Waals surface area contributed by atoms with Crippen LogP contribution in [0.3, 0.4) is 0 Å². The summed E-state index contributed by atoms with van der Waals surface area (Å²) in [5.41, 5.74) is 1.80. The molecule has 1 heterocycles. The molecule has 0 spiro atoms. The average molecular weight is 219 g/mol. The Morgan fingerprint density at radius 2 is 2.27 bits per heavy atom. The maximum absolute atomic E-state index is 11.9.